The summed E-state index contributed by atoms with van der Waals surface area (Å²) in [5, 5.41) is 3.38. The van der Waals surface area contributed by atoms with Gasteiger partial charge in [0.15, 0.2) is 0 Å². The lowest BCUT2D eigenvalue weighted by Crippen LogP contribution is -2.44. The Labute approximate surface area is 127 Å². The minimum atomic E-state index is -0.733. The molecule has 0 bridgehead atoms. The summed E-state index contributed by atoms with van der Waals surface area (Å²) in [7, 11) is 1.48. The van der Waals surface area contributed by atoms with E-state index in [1.807, 2.05) is 0 Å². The zero-order chi connectivity index (χ0) is 16.0. The molecule has 7 nitrogen and oxygen atoms in total. The number of hydrogen-bond donors (Lipinski definition) is 2. The predicted octanol–water partition coefficient (Wildman–Crippen LogP) is 0.779. The Hall–Kier alpha value is -1.51. The third kappa shape index (κ3) is 4.76. The van der Waals surface area contributed by atoms with Crippen molar-refractivity contribution in [3.8, 4) is 0 Å². The third-order valence-electron chi connectivity index (χ3n) is 2.69. The quantitative estimate of drug-likeness (QED) is 0.721. The molecule has 0 aliphatic carbocycles. The molecule has 0 saturated heterocycles. The van der Waals surface area contributed by atoms with E-state index in [1.54, 1.807) is 20.8 Å². The molecular formula is C13H21N3O4S. The van der Waals surface area contributed by atoms with Gasteiger partial charge in [-0.15, -0.1) is 11.3 Å². The fourth-order valence-electron chi connectivity index (χ4n) is 1.63. The van der Waals surface area contributed by atoms with Crippen molar-refractivity contribution in [3.63, 3.8) is 0 Å². The highest BCUT2D eigenvalue weighted by Gasteiger charge is 2.22. The molecule has 0 aliphatic rings. The van der Waals surface area contributed by atoms with Crippen molar-refractivity contribution in [1.82, 2.24) is 10.3 Å². The molecule has 1 aromatic rings. The maximum atomic E-state index is 11.8. The van der Waals surface area contributed by atoms with Gasteiger partial charge < -0.3 is 20.5 Å². The van der Waals surface area contributed by atoms with Crippen LogP contribution in [-0.4, -0.2) is 43.2 Å². The van der Waals surface area contributed by atoms with Gasteiger partial charge in [0.1, 0.15) is 15.9 Å². The molecule has 1 rings (SSSR count). The van der Waals surface area contributed by atoms with E-state index in [2.05, 4.69) is 10.3 Å². The van der Waals surface area contributed by atoms with Crippen molar-refractivity contribution in [1.29, 1.82) is 0 Å². The lowest BCUT2D eigenvalue weighted by Gasteiger charge is -2.15. The van der Waals surface area contributed by atoms with Gasteiger partial charge in [-0.2, -0.15) is 0 Å². The van der Waals surface area contributed by atoms with Crippen LogP contribution in [0.1, 0.15) is 40.3 Å². The van der Waals surface area contributed by atoms with Crippen molar-refractivity contribution in [2.75, 3.05) is 20.3 Å². The monoisotopic (exact) mass is 315 g/mol. The molecule has 118 valence electrons. The first kappa shape index (κ1) is 17.5. The van der Waals surface area contributed by atoms with E-state index in [1.165, 1.54) is 18.4 Å². The maximum absolute atomic E-state index is 11.8. The van der Waals surface area contributed by atoms with Gasteiger partial charge in [-0.25, -0.2) is 9.78 Å². The van der Waals surface area contributed by atoms with Gasteiger partial charge in [0, 0.05) is 7.11 Å². The third-order valence-corrected chi connectivity index (χ3v) is 4.01. The maximum Gasteiger partial charge on any atom is 0.350 e. The smallest absolute Gasteiger partial charge is 0.350 e. The topological polar surface area (TPSA) is 104 Å². The summed E-state index contributed by atoms with van der Waals surface area (Å²) in [6.07, 6.45) is 0. The molecule has 0 fully saturated rings. The number of ether oxygens (including phenoxy) is 2. The van der Waals surface area contributed by atoms with Crippen LogP contribution < -0.4 is 11.1 Å². The van der Waals surface area contributed by atoms with Crippen molar-refractivity contribution in [2.24, 2.45) is 5.73 Å². The molecule has 2 unspecified atom stereocenters. The number of carbonyl (C=O) groups excluding carboxylic acids is 2. The fraction of sp³-hybridized carbons (Fsp3) is 0.615. The first-order valence-electron chi connectivity index (χ1n) is 6.60. The predicted molar refractivity (Wildman–Crippen MR) is 79.2 cm³/mol. The minimum Gasteiger partial charge on any atom is -0.462 e. The molecule has 8 heteroatoms. The molecule has 1 heterocycles. The lowest BCUT2D eigenvalue weighted by molar-refractivity contribution is -0.124. The zero-order valence-electron chi connectivity index (χ0n) is 12.6. The Bertz CT molecular complexity index is 504. The van der Waals surface area contributed by atoms with Crippen LogP contribution >= 0.6 is 11.3 Å². The van der Waals surface area contributed by atoms with Gasteiger partial charge >= 0.3 is 5.97 Å². The van der Waals surface area contributed by atoms with Gasteiger partial charge in [-0.1, -0.05) is 0 Å². The summed E-state index contributed by atoms with van der Waals surface area (Å²) in [5.41, 5.74) is 6.24. The number of aromatic nitrogens is 1. The minimum absolute atomic E-state index is 0.142. The summed E-state index contributed by atoms with van der Waals surface area (Å²) in [5.74, 6) is -0.719. The van der Waals surface area contributed by atoms with E-state index in [-0.39, 0.29) is 18.6 Å². The van der Waals surface area contributed by atoms with Crippen LogP contribution in [0.15, 0.2) is 0 Å². The zero-order valence-corrected chi connectivity index (χ0v) is 13.5. The van der Waals surface area contributed by atoms with Crippen LogP contribution in [0, 0.1) is 6.92 Å². The Balaban J connectivity index is 2.75. The molecule has 0 radical (unpaired) electrons. The van der Waals surface area contributed by atoms with E-state index in [0.29, 0.717) is 22.2 Å². The molecule has 0 aliphatic heterocycles. The summed E-state index contributed by atoms with van der Waals surface area (Å²) >= 11 is 1.21. The highest BCUT2D eigenvalue weighted by atomic mass is 32.1. The molecule has 21 heavy (non-hydrogen) atoms. The van der Waals surface area contributed by atoms with Gasteiger partial charge in [-0.3, -0.25) is 4.79 Å². The van der Waals surface area contributed by atoms with Gasteiger partial charge in [-0.05, 0) is 20.8 Å². The normalized spacial score (nSPS) is 13.6. The van der Waals surface area contributed by atoms with Gasteiger partial charge in [0.25, 0.3) is 0 Å². The number of rotatable bonds is 7. The first-order valence-corrected chi connectivity index (χ1v) is 7.41. The van der Waals surface area contributed by atoms with E-state index in [9.17, 15) is 9.59 Å². The lowest BCUT2D eigenvalue weighted by atomic mass is 10.2. The number of methoxy groups -OCH3 is 1. The number of hydrogen-bond acceptors (Lipinski definition) is 7. The number of thiazole rings is 1. The van der Waals surface area contributed by atoms with Crippen LogP contribution in [0.25, 0.3) is 0 Å². The molecule has 3 N–H and O–H groups in total. The van der Waals surface area contributed by atoms with Gasteiger partial charge in [0.05, 0.1) is 24.9 Å². The molecule has 2 atom stereocenters. The molecule has 0 saturated carbocycles. The molecule has 0 spiro atoms. The van der Waals surface area contributed by atoms with Crippen LogP contribution in [0.4, 0.5) is 0 Å². The average molecular weight is 315 g/mol. The van der Waals surface area contributed by atoms with Crippen molar-refractivity contribution in [2.45, 2.75) is 32.9 Å². The summed E-state index contributed by atoms with van der Waals surface area (Å²) in [6, 6.07) is -1.07. The van der Waals surface area contributed by atoms with E-state index in [0.717, 1.165) is 0 Å². The second kappa shape index (κ2) is 8.06. The van der Waals surface area contributed by atoms with Gasteiger partial charge in [0.2, 0.25) is 5.91 Å². The highest BCUT2D eigenvalue weighted by molar-refractivity contribution is 7.13. The number of amides is 1. The first-order chi connectivity index (χ1) is 9.90. The standard InChI is InChI=1S/C13H21N3O4S/c1-5-20-13(18)10-7(2)16-12(21-10)8(3)15-11(17)9(14)6-19-4/h8-9H,5-6,14H2,1-4H3,(H,15,17). The molecule has 0 aromatic carbocycles. The Morgan fingerprint density at radius 1 is 1.48 bits per heavy atom. The summed E-state index contributed by atoms with van der Waals surface area (Å²) in [6.45, 7) is 5.71. The molecular weight excluding hydrogens is 294 g/mol. The number of nitrogens with one attached hydrogen (secondary N) is 1. The summed E-state index contributed by atoms with van der Waals surface area (Å²) < 4.78 is 9.79. The molecule has 1 aromatic heterocycles. The van der Waals surface area contributed by atoms with E-state index >= 15 is 0 Å². The number of aryl methyl sites for hydroxylation is 1. The van der Waals surface area contributed by atoms with Crippen LogP contribution in [0.5, 0.6) is 0 Å². The van der Waals surface area contributed by atoms with Crippen LogP contribution in [0.3, 0.4) is 0 Å². The second-order valence-corrected chi connectivity index (χ2v) is 5.51. The summed E-state index contributed by atoms with van der Waals surface area (Å²) in [4.78, 5) is 28.3. The number of nitrogens with two attached hydrogens (primary N) is 1. The largest absolute Gasteiger partial charge is 0.462 e. The average Bonchev–Trinajstić information content (AvgIpc) is 2.81. The molecule has 1 amide bonds. The van der Waals surface area contributed by atoms with Crippen LogP contribution in [-0.2, 0) is 14.3 Å². The Morgan fingerprint density at radius 2 is 2.14 bits per heavy atom. The van der Waals surface area contributed by atoms with Crippen molar-refractivity contribution < 1.29 is 19.1 Å². The number of nitrogens with zero attached hydrogens (tertiary/aromatic N) is 1. The SMILES string of the molecule is CCOC(=O)c1sc(C(C)NC(=O)C(N)COC)nc1C. The van der Waals surface area contributed by atoms with Crippen molar-refractivity contribution in [3.05, 3.63) is 15.6 Å². The van der Waals surface area contributed by atoms with E-state index in [4.69, 9.17) is 15.2 Å². The number of carbonyl (C=O) groups is 2. The van der Waals surface area contributed by atoms with Crippen molar-refractivity contribution >= 4 is 23.2 Å². The fourth-order valence-corrected chi connectivity index (χ4v) is 2.59. The van der Waals surface area contributed by atoms with Crippen LogP contribution in [0.2, 0.25) is 0 Å². The Kier molecular flexibility index (Phi) is 6.73. The Morgan fingerprint density at radius 3 is 2.71 bits per heavy atom. The second-order valence-electron chi connectivity index (χ2n) is 4.48. The van der Waals surface area contributed by atoms with E-state index < -0.39 is 12.0 Å². The number of esters is 1. The highest BCUT2D eigenvalue weighted by Crippen LogP contribution is 2.24.